The minimum atomic E-state index is -6.17. The molecule has 446 valence electrons. The van der Waals surface area contributed by atoms with Crippen molar-refractivity contribution in [2.75, 3.05) is 80.7 Å². The van der Waals surface area contributed by atoms with Crippen LogP contribution < -0.4 is 25.6 Å². The number of fused-ring (bicyclic) bond motifs is 1. The van der Waals surface area contributed by atoms with E-state index in [2.05, 4.69) is 51.7 Å². The maximum Gasteiger partial charge on any atom is 0.501 e. The lowest BCUT2D eigenvalue weighted by Gasteiger charge is -2.39. The second-order valence-electron chi connectivity index (χ2n) is 22.3. The summed E-state index contributed by atoms with van der Waals surface area (Å²) in [5.74, 6) is -3.30. The fourth-order valence-electron chi connectivity index (χ4n) is 11.1. The molecule has 84 heavy (non-hydrogen) atoms. The molecular weight excluding hydrogens is 1170 g/mol. The third-order valence-electron chi connectivity index (χ3n) is 15.6. The Kier molecular flexibility index (Phi) is 19.0. The first-order valence-corrected chi connectivity index (χ1v) is 32.0. The molecule has 5 aromatic rings. The fourth-order valence-corrected chi connectivity index (χ4v) is 14.2. The zero-order valence-corrected chi connectivity index (χ0v) is 49.8. The van der Waals surface area contributed by atoms with Crippen molar-refractivity contribution in [1.29, 1.82) is 0 Å². The predicted molar refractivity (Wildman–Crippen MR) is 318 cm³/mol. The van der Waals surface area contributed by atoms with Crippen LogP contribution >= 0.6 is 23.4 Å². The standard InChI is InChI=1S/C60H66ClF3N8O9S3/c1-59(2)27-25-47(39-13-17-42(61)18-14-39)41(36-59)37-70-31-33-71(34-32-70)44-19-15-40(16-20-44)55(74)68-84(80,81)46-21-22-49(52(35-46)83(78,79)60(62,63)64)66-43(38-82-45-9-5-4-6-10-45)26-30-69(3)29-8-28-65-50-12-7-11-48-54(50)58(77)72(57(48)76)51-23-24-53(73)67-56(51)75/h4-7,9-22,35,43,51,65-66H,8,23-34,36-38H2,1-3H3,(H,68,74)(H,67,73,75). The van der Waals surface area contributed by atoms with Crippen LogP contribution in [-0.2, 0) is 29.4 Å². The van der Waals surface area contributed by atoms with Gasteiger partial charge < -0.3 is 20.4 Å². The lowest BCUT2D eigenvalue weighted by Crippen LogP contribution is -2.54. The van der Waals surface area contributed by atoms with Crippen molar-refractivity contribution in [3.63, 3.8) is 0 Å². The number of allylic oxidation sites excluding steroid dienone is 1. The van der Waals surface area contributed by atoms with Crippen LogP contribution in [0.1, 0.15) is 95.4 Å². The molecular formula is C60H66ClF3N8O9S3. The molecule has 5 amide bonds. The number of rotatable bonds is 22. The summed E-state index contributed by atoms with van der Waals surface area (Å²) < 4.78 is 99.5. The molecule has 1 aliphatic carbocycles. The number of hydrogen-bond donors (Lipinski definition) is 4. The number of hydrogen-bond acceptors (Lipinski definition) is 15. The Morgan fingerprint density at radius 1 is 0.845 bits per heavy atom. The van der Waals surface area contributed by atoms with E-state index >= 15 is 0 Å². The number of piperazine rings is 1. The molecule has 0 saturated carbocycles. The van der Waals surface area contributed by atoms with Crippen LogP contribution in [0.15, 0.2) is 136 Å². The third kappa shape index (κ3) is 14.5. The smallest absolute Gasteiger partial charge is 0.384 e. The van der Waals surface area contributed by atoms with Gasteiger partial charge in [-0.15, -0.1) is 11.8 Å². The summed E-state index contributed by atoms with van der Waals surface area (Å²) in [7, 11) is -9.29. The van der Waals surface area contributed by atoms with E-state index in [1.54, 1.807) is 24.3 Å². The normalized spacial score (nSPS) is 18.2. The number of halogens is 4. The highest BCUT2D eigenvalue weighted by Gasteiger charge is 2.49. The molecule has 2 saturated heterocycles. The second-order valence-corrected chi connectivity index (χ2v) is 27.4. The summed E-state index contributed by atoms with van der Waals surface area (Å²) in [5, 5.41) is 9.06. The molecule has 0 radical (unpaired) electrons. The molecule has 3 aliphatic heterocycles. The summed E-state index contributed by atoms with van der Waals surface area (Å²) in [6.07, 6.45) is 3.89. The second kappa shape index (κ2) is 25.8. The van der Waals surface area contributed by atoms with Crippen molar-refractivity contribution in [3.05, 3.63) is 148 Å². The van der Waals surface area contributed by atoms with Gasteiger partial charge in [-0.25, -0.2) is 21.6 Å². The number of nitrogens with one attached hydrogen (secondary N) is 4. The molecule has 4 N–H and O–H groups in total. The van der Waals surface area contributed by atoms with E-state index in [4.69, 9.17) is 11.6 Å². The number of alkyl halides is 3. The van der Waals surface area contributed by atoms with E-state index in [-0.39, 0.29) is 47.1 Å². The van der Waals surface area contributed by atoms with Gasteiger partial charge in [-0.3, -0.25) is 39.1 Å². The largest absolute Gasteiger partial charge is 0.501 e. The van der Waals surface area contributed by atoms with Crippen molar-refractivity contribution in [2.24, 2.45) is 5.41 Å². The van der Waals surface area contributed by atoms with E-state index in [0.717, 1.165) is 66.5 Å². The Bertz CT molecular complexity index is 3570. The SMILES string of the molecule is CN(CCCNc1cccc2c1C(=O)N(C1CCC(=O)NC1=O)C2=O)CCC(CSc1ccccc1)Nc1ccc(S(=O)(=O)NC(=O)c2ccc(N3CCN(CC4=C(c5ccc(Cl)cc5)CCC(C)(C)C4)CC3)cc2)cc1S(=O)(=O)C(F)(F)F. The van der Waals surface area contributed by atoms with Gasteiger partial charge in [0, 0.05) is 84.3 Å². The molecule has 17 nitrogen and oxygen atoms in total. The molecule has 0 aromatic heterocycles. The van der Waals surface area contributed by atoms with Gasteiger partial charge >= 0.3 is 5.51 Å². The molecule has 9 rings (SSSR count). The van der Waals surface area contributed by atoms with E-state index in [1.165, 1.54) is 46.7 Å². The maximum atomic E-state index is 14.5. The Morgan fingerprint density at radius 2 is 1.56 bits per heavy atom. The number of sulfonamides is 1. The molecule has 5 aromatic carbocycles. The number of anilines is 3. The minimum Gasteiger partial charge on any atom is -0.384 e. The van der Waals surface area contributed by atoms with Gasteiger partial charge in [0.25, 0.3) is 37.6 Å². The average molecular weight is 1230 g/mol. The van der Waals surface area contributed by atoms with Gasteiger partial charge in [-0.05, 0) is 154 Å². The first kappa shape index (κ1) is 61.8. The Hall–Kier alpha value is -6.76. The van der Waals surface area contributed by atoms with Crippen LogP contribution in [-0.4, -0.2) is 144 Å². The van der Waals surface area contributed by atoms with Crippen LogP contribution in [0, 0.1) is 5.41 Å². The summed E-state index contributed by atoms with van der Waals surface area (Å²) in [5.41, 5.74) is -0.718. The van der Waals surface area contributed by atoms with Crippen LogP contribution in [0.3, 0.4) is 0 Å². The quantitative estimate of drug-likeness (QED) is 0.0289. The fraction of sp³-hybridized carbons (Fsp3) is 0.383. The molecule has 2 fully saturated rings. The number of benzene rings is 5. The monoisotopic (exact) mass is 1230 g/mol. The number of thioether (sulfide) groups is 1. The maximum absolute atomic E-state index is 14.5. The van der Waals surface area contributed by atoms with Crippen molar-refractivity contribution in [3.8, 4) is 0 Å². The highest BCUT2D eigenvalue weighted by atomic mass is 35.5. The minimum absolute atomic E-state index is 0.0154. The Balaban J connectivity index is 0.826. The lowest BCUT2D eigenvalue weighted by atomic mass is 9.73. The number of nitrogens with zero attached hydrogens (tertiary/aromatic N) is 4. The Labute approximate surface area is 496 Å². The Morgan fingerprint density at radius 3 is 2.25 bits per heavy atom. The molecule has 0 spiro atoms. The molecule has 2 atom stereocenters. The predicted octanol–water partition coefficient (Wildman–Crippen LogP) is 9.34. The average Bonchev–Trinajstić information content (AvgIpc) is 2.50. The van der Waals surface area contributed by atoms with Crippen molar-refractivity contribution >= 4 is 95.4 Å². The number of carbonyl (C=O) groups excluding carboxylic acids is 5. The van der Waals surface area contributed by atoms with Crippen LogP contribution in [0.25, 0.3) is 5.57 Å². The number of piperidine rings is 1. The van der Waals surface area contributed by atoms with E-state index in [1.807, 2.05) is 59.1 Å². The van der Waals surface area contributed by atoms with Gasteiger partial charge in [0.1, 0.15) is 10.9 Å². The first-order chi connectivity index (χ1) is 39.9. The molecule has 24 heteroatoms. The highest BCUT2D eigenvalue weighted by Crippen LogP contribution is 2.43. The first-order valence-electron chi connectivity index (χ1n) is 27.7. The van der Waals surface area contributed by atoms with Gasteiger partial charge in [0.2, 0.25) is 11.8 Å². The topological polar surface area (TPSA) is 215 Å². The zero-order valence-electron chi connectivity index (χ0n) is 46.6. The van der Waals surface area contributed by atoms with Gasteiger partial charge in [-0.1, -0.05) is 67.4 Å². The number of amides is 5. The lowest BCUT2D eigenvalue weighted by molar-refractivity contribution is -0.136. The van der Waals surface area contributed by atoms with Crippen molar-refractivity contribution < 1.29 is 54.0 Å². The zero-order chi connectivity index (χ0) is 60.1. The number of sulfone groups is 1. The third-order valence-corrected chi connectivity index (χ3v) is 19.9. The van der Waals surface area contributed by atoms with Crippen LogP contribution in [0.4, 0.5) is 30.2 Å². The summed E-state index contributed by atoms with van der Waals surface area (Å²) in [4.78, 5) is 70.8. The van der Waals surface area contributed by atoms with Gasteiger partial charge in [0.15, 0.2) is 0 Å². The van der Waals surface area contributed by atoms with Crippen LogP contribution in [0.2, 0.25) is 5.02 Å². The highest BCUT2D eigenvalue weighted by molar-refractivity contribution is 7.99. The van der Waals surface area contributed by atoms with E-state index in [9.17, 15) is 54.0 Å². The summed E-state index contributed by atoms with van der Waals surface area (Å²) >= 11 is 7.58. The number of carbonyl (C=O) groups is 5. The van der Waals surface area contributed by atoms with Crippen LogP contribution in [0.5, 0.6) is 0 Å². The van der Waals surface area contributed by atoms with Gasteiger partial charge in [-0.2, -0.15) is 13.2 Å². The molecule has 2 unspecified atom stereocenters. The van der Waals surface area contributed by atoms with Gasteiger partial charge in [0.05, 0.1) is 21.7 Å². The van der Waals surface area contributed by atoms with Crippen molar-refractivity contribution in [1.82, 2.24) is 24.7 Å². The summed E-state index contributed by atoms with van der Waals surface area (Å²) in [6.45, 7) is 9.63. The number of imide groups is 2. The summed E-state index contributed by atoms with van der Waals surface area (Å²) in [6, 6.07) is 28.8. The van der Waals surface area contributed by atoms with E-state index < -0.39 is 82.5 Å². The molecule has 3 heterocycles. The van der Waals surface area contributed by atoms with E-state index in [0.29, 0.717) is 55.9 Å². The molecule has 4 aliphatic rings. The van der Waals surface area contributed by atoms with Crippen molar-refractivity contribution in [2.45, 2.75) is 91.1 Å². The molecule has 0 bridgehead atoms.